The van der Waals surface area contributed by atoms with E-state index < -0.39 is 48.5 Å². The van der Waals surface area contributed by atoms with E-state index in [-0.39, 0.29) is 0 Å². The summed E-state index contributed by atoms with van der Waals surface area (Å²) in [5.41, 5.74) is -0.860. The second-order valence-electron chi connectivity index (χ2n) is 4.96. The zero-order chi connectivity index (χ0) is 19.8. The summed E-state index contributed by atoms with van der Waals surface area (Å²) < 4.78 is 30.7. The molecule has 4 atom stereocenters. The van der Waals surface area contributed by atoms with Crippen LogP contribution in [-0.4, -0.2) is 67.3 Å². The summed E-state index contributed by atoms with van der Waals surface area (Å²) in [6, 6.07) is 0. The van der Waals surface area contributed by atoms with Crippen molar-refractivity contribution in [1.29, 1.82) is 0 Å². The Bertz CT molecular complexity index is 443. The number of carbonyl (C=O) groups is 2. The Morgan fingerprint density at radius 3 is 1.44 bits per heavy atom. The van der Waals surface area contributed by atoms with E-state index in [1.807, 2.05) is 0 Å². The first-order valence-corrected chi connectivity index (χ1v) is 7.38. The van der Waals surface area contributed by atoms with Crippen LogP contribution >= 0.6 is 0 Å². The molecule has 2 N–H and O–H groups in total. The molecule has 0 aliphatic rings. The van der Waals surface area contributed by atoms with E-state index in [0.717, 1.165) is 0 Å². The Kier molecular flexibility index (Phi) is 9.78. The SMILES string of the molecule is C=C(C(=O)O)C(OC(C)OC(C)OC)(OC(C)OC(C)OC)C(=O)O. The van der Waals surface area contributed by atoms with E-state index in [0.29, 0.717) is 0 Å². The van der Waals surface area contributed by atoms with Crippen molar-refractivity contribution < 1.29 is 48.2 Å². The van der Waals surface area contributed by atoms with Gasteiger partial charge in [0, 0.05) is 14.2 Å². The highest BCUT2D eigenvalue weighted by Crippen LogP contribution is 2.28. The smallest absolute Gasteiger partial charge is 0.370 e. The van der Waals surface area contributed by atoms with Crippen molar-refractivity contribution in [2.24, 2.45) is 0 Å². The van der Waals surface area contributed by atoms with Gasteiger partial charge in [-0.25, -0.2) is 9.59 Å². The Morgan fingerprint density at radius 1 is 0.840 bits per heavy atom. The van der Waals surface area contributed by atoms with Gasteiger partial charge in [-0.1, -0.05) is 6.58 Å². The molecule has 0 aromatic carbocycles. The van der Waals surface area contributed by atoms with Crippen molar-refractivity contribution >= 4 is 11.9 Å². The fourth-order valence-electron chi connectivity index (χ4n) is 1.71. The third-order valence-electron chi connectivity index (χ3n) is 3.03. The third kappa shape index (κ3) is 7.06. The van der Waals surface area contributed by atoms with Gasteiger partial charge in [-0.05, 0) is 27.7 Å². The van der Waals surface area contributed by atoms with Crippen LogP contribution < -0.4 is 0 Å². The lowest BCUT2D eigenvalue weighted by atomic mass is 10.1. The molecule has 10 nitrogen and oxygen atoms in total. The summed E-state index contributed by atoms with van der Waals surface area (Å²) in [7, 11) is 2.74. The Morgan fingerprint density at radius 2 is 1.20 bits per heavy atom. The van der Waals surface area contributed by atoms with Crippen LogP contribution in [0.1, 0.15) is 27.7 Å². The molecule has 25 heavy (non-hydrogen) atoms. The molecule has 0 amide bonds. The number of carboxylic acid groups (broad SMARTS) is 2. The molecule has 0 bridgehead atoms. The fourth-order valence-corrected chi connectivity index (χ4v) is 1.71. The van der Waals surface area contributed by atoms with Crippen LogP contribution in [0.5, 0.6) is 0 Å². The maximum absolute atomic E-state index is 11.8. The molecular weight excluding hydrogens is 340 g/mol. The summed E-state index contributed by atoms with van der Waals surface area (Å²) >= 11 is 0. The van der Waals surface area contributed by atoms with Gasteiger partial charge in [0.05, 0.1) is 0 Å². The van der Waals surface area contributed by atoms with Gasteiger partial charge in [0.25, 0.3) is 0 Å². The minimum absolute atomic E-state index is 0.734. The van der Waals surface area contributed by atoms with Crippen LogP contribution in [0.2, 0.25) is 0 Å². The van der Waals surface area contributed by atoms with Crippen LogP contribution in [0, 0.1) is 0 Å². The molecular formula is C15H26O10. The lowest BCUT2D eigenvalue weighted by Crippen LogP contribution is -2.52. The second-order valence-corrected chi connectivity index (χ2v) is 4.96. The van der Waals surface area contributed by atoms with Gasteiger partial charge in [0.15, 0.2) is 25.2 Å². The van der Waals surface area contributed by atoms with E-state index in [9.17, 15) is 19.8 Å². The number of carboxylic acids is 2. The van der Waals surface area contributed by atoms with Crippen LogP contribution in [0.4, 0.5) is 0 Å². The molecule has 0 aliphatic heterocycles. The van der Waals surface area contributed by atoms with Crippen molar-refractivity contribution in [1.82, 2.24) is 0 Å². The molecule has 0 aliphatic carbocycles. The summed E-state index contributed by atoms with van der Waals surface area (Å²) in [6.45, 7) is 9.05. The molecule has 0 radical (unpaired) electrons. The largest absolute Gasteiger partial charge is 0.478 e. The first-order valence-electron chi connectivity index (χ1n) is 7.38. The quantitative estimate of drug-likeness (QED) is 0.361. The summed E-state index contributed by atoms with van der Waals surface area (Å²) in [4.78, 5) is 23.1. The number of ether oxygens (including phenoxy) is 6. The fraction of sp³-hybridized carbons (Fsp3) is 0.733. The number of rotatable bonds is 13. The highest BCUT2D eigenvalue weighted by molar-refractivity contribution is 5.97. The first-order chi connectivity index (χ1) is 11.5. The topological polar surface area (TPSA) is 130 Å². The lowest BCUT2D eigenvalue weighted by molar-refractivity contribution is -0.349. The van der Waals surface area contributed by atoms with Crippen LogP contribution in [0.25, 0.3) is 0 Å². The highest BCUT2D eigenvalue weighted by atomic mass is 16.9. The predicted molar refractivity (Wildman–Crippen MR) is 83.3 cm³/mol. The second kappa shape index (κ2) is 10.4. The minimum atomic E-state index is -2.74. The summed E-state index contributed by atoms with van der Waals surface area (Å²) in [5.74, 6) is -6.10. The average Bonchev–Trinajstić information content (AvgIpc) is 2.52. The zero-order valence-electron chi connectivity index (χ0n) is 15.2. The maximum atomic E-state index is 11.8. The van der Waals surface area contributed by atoms with Gasteiger partial charge in [-0.3, -0.25) is 0 Å². The molecule has 4 unspecified atom stereocenters. The minimum Gasteiger partial charge on any atom is -0.478 e. The molecule has 10 heteroatoms. The average molecular weight is 366 g/mol. The van der Waals surface area contributed by atoms with Crippen LogP contribution in [0.3, 0.4) is 0 Å². The zero-order valence-corrected chi connectivity index (χ0v) is 15.2. The monoisotopic (exact) mass is 366 g/mol. The molecule has 0 saturated carbocycles. The molecule has 0 fully saturated rings. The normalized spacial score (nSPS) is 18.6. The van der Waals surface area contributed by atoms with Gasteiger partial charge in [-0.15, -0.1) is 0 Å². The lowest BCUT2D eigenvalue weighted by Gasteiger charge is -2.35. The molecule has 0 aromatic heterocycles. The van der Waals surface area contributed by atoms with Crippen molar-refractivity contribution in [3.63, 3.8) is 0 Å². The van der Waals surface area contributed by atoms with E-state index in [1.54, 1.807) is 13.8 Å². The number of hydrogen-bond donors (Lipinski definition) is 2. The van der Waals surface area contributed by atoms with Gasteiger partial charge in [-0.2, -0.15) is 0 Å². The van der Waals surface area contributed by atoms with E-state index in [1.165, 1.54) is 28.1 Å². The first kappa shape index (κ1) is 23.4. The van der Waals surface area contributed by atoms with Gasteiger partial charge >= 0.3 is 17.7 Å². The Balaban J connectivity index is 5.56. The molecule has 146 valence electrons. The maximum Gasteiger partial charge on any atom is 0.370 e. The Hall–Kier alpha value is -1.56. The Labute approximate surface area is 146 Å². The van der Waals surface area contributed by atoms with Crippen molar-refractivity contribution in [3.8, 4) is 0 Å². The molecule has 0 aromatic rings. The molecule has 0 heterocycles. The van der Waals surface area contributed by atoms with Crippen LogP contribution in [-0.2, 0) is 38.0 Å². The van der Waals surface area contributed by atoms with Crippen molar-refractivity contribution in [2.75, 3.05) is 14.2 Å². The highest BCUT2D eigenvalue weighted by Gasteiger charge is 2.51. The van der Waals surface area contributed by atoms with Gasteiger partial charge < -0.3 is 38.6 Å². The summed E-state index contributed by atoms with van der Waals surface area (Å²) in [5, 5.41) is 18.8. The van der Waals surface area contributed by atoms with E-state index in [2.05, 4.69) is 6.58 Å². The van der Waals surface area contributed by atoms with Gasteiger partial charge in [0.2, 0.25) is 0 Å². The predicted octanol–water partition coefficient (Wildman–Crippen LogP) is 1.15. The van der Waals surface area contributed by atoms with Crippen LogP contribution in [0.15, 0.2) is 12.2 Å². The van der Waals surface area contributed by atoms with Crippen molar-refractivity contribution in [3.05, 3.63) is 12.2 Å². The molecule has 0 saturated heterocycles. The summed E-state index contributed by atoms with van der Waals surface area (Å²) in [6.07, 6.45) is -3.87. The third-order valence-corrected chi connectivity index (χ3v) is 3.03. The van der Waals surface area contributed by atoms with Gasteiger partial charge in [0.1, 0.15) is 5.57 Å². The van der Waals surface area contributed by atoms with E-state index >= 15 is 0 Å². The molecule has 0 spiro atoms. The molecule has 0 rings (SSSR count). The van der Waals surface area contributed by atoms with E-state index in [4.69, 9.17) is 28.4 Å². The number of methoxy groups -OCH3 is 2. The standard InChI is InChI=1S/C15H26O10/c1-8(13(16)17)15(14(18)19,24-11(4)22-9(2)20-6)25-12(5)23-10(3)21-7/h9-12H,1H2,2-7H3,(H,16,17)(H,18,19). The number of aliphatic carboxylic acids is 2. The number of hydrogen-bond acceptors (Lipinski definition) is 8. The van der Waals surface area contributed by atoms with Crippen molar-refractivity contribution in [2.45, 2.75) is 58.6 Å².